The van der Waals surface area contributed by atoms with Crippen LogP contribution in [0.3, 0.4) is 0 Å². The van der Waals surface area contributed by atoms with Crippen molar-refractivity contribution in [3.8, 4) is 5.75 Å². The van der Waals surface area contributed by atoms with Crippen LogP contribution in [-0.4, -0.2) is 40.9 Å². The van der Waals surface area contributed by atoms with E-state index in [0.717, 1.165) is 17.7 Å². The minimum absolute atomic E-state index is 0.0901. The Bertz CT molecular complexity index is 665. The fourth-order valence-electron chi connectivity index (χ4n) is 3.09. The zero-order chi connectivity index (χ0) is 16.9. The number of hydrogen-bond donors (Lipinski definition) is 2. The first-order valence-electron chi connectivity index (χ1n) is 8.16. The van der Waals surface area contributed by atoms with Crippen molar-refractivity contribution < 1.29 is 14.9 Å². The van der Waals surface area contributed by atoms with Crippen LogP contribution in [-0.2, 0) is 11.3 Å². The molecule has 1 heterocycles. The van der Waals surface area contributed by atoms with E-state index in [1.807, 2.05) is 42.5 Å². The molecule has 24 heavy (non-hydrogen) atoms. The first-order chi connectivity index (χ1) is 11.6. The number of morpholine rings is 1. The third kappa shape index (κ3) is 4.08. The second kappa shape index (κ2) is 7.99. The van der Waals surface area contributed by atoms with Gasteiger partial charge in [0.05, 0.1) is 24.3 Å². The first-order valence-corrected chi connectivity index (χ1v) is 8.54. The number of aliphatic hydroxyl groups is 1. The number of aromatic hydroxyl groups is 1. The standard InChI is InChI=1S/C19H22ClNO3/c20-17-8-4-7-15(19(17)23)12-21-9-10-24-13-16(21)11-18(22)14-5-2-1-3-6-14/h1-8,16,18,22-23H,9-13H2. The maximum absolute atomic E-state index is 10.5. The molecule has 3 rings (SSSR count). The molecule has 2 N–H and O–H groups in total. The van der Waals surface area contributed by atoms with Crippen LogP contribution in [0.4, 0.5) is 0 Å². The highest BCUT2D eigenvalue weighted by Crippen LogP contribution is 2.30. The quantitative estimate of drug-likeness (QED) is 0.870. The number of phenols is 1. The van der Waals surface area contributed by atoms with Crippen molar-refractivity contribution in [3.63, 3.8) is 0 Å². The molecule has 0 amide bonds. The molecule has 0 radical (unpaired) electrons. The van der Waals surface area contributed by atoms with Crippen LogP contribution in [0.2, 0.25) is 5.02 Å². The van der Waals surface area contributed by atoms with Gasteiger partial charge in [-0.15, -0.1) is 0 Å². The normalized spacial score (nSPS) is 20.0. The summed E-state index contributed by atoms with van der Waals surface area (Å²) in [5.74, 6) is 0.132. The van der Waals surface area contributed by atoms with E-state index in [1.165, 1.54) is 0 Å². The SMILES string of the molecule is Oc1c(Cl)cccc1CN1CCOCC1CC(O)c1ccccc1. The van der Waals surface area contributed by atoms with Crippen LogP contribution in [0.15, 0.2) is 48.5 Å². The Morgan fingerprint density at radius 1 is 1.17 bits per heavy atom. The average molecular weight is 348 g/mol. The maximum atomic E-state index is 10.5. The average Bonchev–Trinajstić information content (AvgIpc) is 2.61. The summed E-state index contributed by atoms with van der Waals surface area (Å²) < 4.78 is 5.60. The molecular formula is C19H22ClNO3. The van der Waals surface area contributed by atoms with E-state index in [-0.39, 0.29) is 11.8 Å². The minimum Gasteiger partial charge on any atom is -0.506 e. The molecule has 5 heteroatoms. The van der Waals surface area contributed by atoms with Crippen molar-refractivity contribution in [2.45, 2.75) is 25.1 Å². The number of aliphatic hydroxyl groups excluding tert-OH is 1. The highest BCUT2D eigenvalue weighted by atomic mass is 35.5. The largest absolute Gasteiger partial charge is 0.506 e. The second-order valence-corrected chi connectivity index (χ2v) is 6.52. The van der Waals surface area contributed by atoms with Gasteiger partial charge in [-0.2, -0.15) is 0 Å². The van der Waals surface area contributed by atoms with Crippen LogP contribution in [0.25, 0.3) is 0 Å². The molecule has 1 aliphatic heterocycles. The van der Waals surface area contributed by atoms with Crippen molar-refractivity contribution >= 4 is 11.6 Å². The molecule has 2 aromatic rings. The lowest BCUT2D eigenvalue weighted by Crippen LogP contribution is -2.45. The Labute approximate surface area is 147 Å². The molecule has 2 atom stereocenters. The van der Waals surface area contributed by atoms with Crippen molar-refractivity contribution in [2.24, 2.45) is 0 Å². The van der Waals surface area contributed by atoms with Gasteiger partial charge in [-0.1, -0.05) is 54.1 Å². The Morgan fingerprint density at radius 3 is 2.75 bits per heavy atom. The predicted octanol–water partition coefficient (Wildman–Crippen LogP) is 3.37. The molecule has 0 bridgehead atoms. The van der Waals surface area contributed by atoms with Crippen molar-refractivity contribution in [1.82, 2.24) is 4.90 Å². The number of hydrogen-bond acceptors (Lipinski definition) is 4. The fourth-order valence-corrected chi connectivity index (χ4v) is 3.28. The molecule has 4 nitrogen and oxygen atoms in total. The molecule has 0 spiro atoms. The number of ether oxygens (including phenoxy) is 1. The smallest absolute Gasteiger partial charge is 0.138 e. The Balaban J connectivity index is 1.70. The molecule has 128 valence electrons. The number of rotatable bonds is 5. The van der Waals surface area contributed by atoms with Crippen LogP contribution < -0.4 is 0 Å². The lowest BCUT2D eigenvalue weighted by atomic mass is 10.00. The Hall–Kier alpha value is -1.59. The molecule has 1 aliphatic rings. The zero-order valence-electron chi connectivity index (χ0n) is 13.4. The summed E-state index contributed by atoms with van der Waals surface area (Å²) in [7, 11) is 0. The lowest BCUT2D eigenvalue weighted by Gasteiger charge is -2.36. The highest BCUT2D eigenvalue weighted by molar-refractivity contribution is 6.32. The highest BCUT2D eigenvalue weighted by Gasteiger charge is 2.26. The van der Waals surface area contributed by atoms with Crippen LogP contribution in [0.1, 0.15) is 23.7 Å². The van der Waals surface area contributed by atoms with E-state index < -0.39 is 6.10 Å². The molecule has 0 aliphatic carbocycles. The molecule has 2 aromatic carbocycles. The molecule has 2 unspecified atom stereocenters. The number of para-hydroxylation sites is 1. The van der Waals surface area contributed by atoms with Crippen LogP contribution in [0, 0.1) is 0 Å². The monoisotopic (exact) mass is 347 g/mol. The van der Waals surface area contributed by atoms with Gasteiger partial charge in [-0.3, -0.25) is 4.90 Å². The van der Waals surface area contributed by atoms with Crippen LogP contribution >= 0.6 is 11.6 Å². The number of phenolic OH excluding ortho intramolecular Hbond substituents is 1. The summed E-state index contributed by atoms with van der Waals surface area (Å²) >= 11 is 6.00. The molecule has 0 saturated carbocycles. The van der Waals surface area contributed by atoms with Crippen LogP contribution in [0.5, 0.6) is 5.75 Å². The summed E-state index contributed by atoms with van der Waals surface area (Å²) in [5.41, 5.74) is 1.71. The predicted molar refractivity (Wildman–Crippen MR) is 94.2 cm³/mol. The van der Waals surface area contributed by atoms with Gasteiger partial charge in [0.15, 0.2) is 0 Å². The summed E-state index contributed by atoms with van der Waals surface area (Å²) in [6.07, 6.45) is 0.0547. The third-order valence-corrected chi connectivity index (χ3v) is 4.78. The van der Waals surface area contributed by atoms with E-state index >= 15 is 0 Å². The van der Waals surface area contributed by atoms with Gasteiger partial charge in [0.25, 0.3) is 0 Å². The summed E-state index contributed by atoms with van der Waals surface area (Å²) in [5, 5.41) is 21.0. The number of benzene rings is 2. The Morgan fingerprint density at radius 2 is 1.96 bits per heavy atom. The van der Waals surface area contributed by atoms with Gasteiger partial charge in [0, 0.05) is 24.7 Å². The third-order valence-electron chi connectivity index (χ3n) is 4.47. The van der Waals surface area contributed by atoms with Gasteiger partial charge in [0.1, 0.15) is 5.75 Å². The number of halogens is 1. The van der Waals surface area contributed by atoms with Gasteiger partial charge < -0.3 is 14.9 Å². The molecule has 0 aromatic heterocycles. The second-order valence-electron chi connectivity index (χ2n) is 6.11. The first kappa shape index (κ1) is 17.2. The summed E-state index contributed by atoms with van der Waals surface area (Å²) in [4.78, 5) is 2.24. The van der Waals surface area contributed by atoms with E-state index in [1.54, 1.807) is 6.07 Å². The lowest BCUT2D eigenvalue weighted by molar-refractivity contribution is -0.0302. The Kier molecular flexibility index (Phi) is 5.74. The van der Waals surface area contributed by atoms with E-state index in [4.69, 9.17) is 16.3 Å². The van der Waals surface area contributed by atoms with E-state index in [0.29, 0.717) is 31.2 Å². The molecular weight excluding hydrogens is 326 g/mol. The molecule has 1 saturated heterocycles. The van der Waals surface area contributed by atoms with Gasteiger partial charge in [-0.05, 0) is 18.1 Å². The van der Waals surface area contributed by atoms with E-state index in [2.05, 4.69) is 4.90 Å². The zero-order valence-corrected chi connectivity index (χ0v) is 14.2. The summed E-state index contributed by atoms with van der Waals surface area (Å²) in [6.45, 7) is 2.57. The fraction of sp³-hybridized carbons (Fsp3) is 0.368. The van der Waals surface area contributed by atoms with Crippen molar-refractivity contribution in [1.29, 1.82) is 0 Å². The van der Waals surface area contributed by atoms with Gasteiger partial charge >= 0.3 is 0 Å². The summed E-state index contributed by atoms with van der Waals surface area (Å²) in [6, 6.07) is 15.1. The topological polar surface area (TPSA) is 52.9 Å². The van der Waals surface area contributed by atoms with Gasteiger partial charge in [-0.25, -0.2) is 0 Å². The maximum Gasteiger partial charge on any atom is 0.138 e. The van der Waals surface area contributed by atoms with E-state index in [9.17, 15) is 10.2 Å². The number of nitrogens with zero attached hydrogens (tertiary/aromatic N) is 1. The molecule has 1 fully saturated rings. The van der Waals surface area contributed by atoms with Crippen molar-refractivity contribution in [3.05, 3.63) is 64.7 Å². The van der Waals surface area contributed by atoms with Crippen molar-refractivity contribution in [2.75, 3.05) is 19.8 Å². The minimum atomic E-state index is -0.534. The van der Waals surface area contributed by atoms with Gasteiger partial charge in [0.2, 0.25) is 0 Å².